The summed E-state index contributed by atoms with van der Waals surface area (Å²) < 4.78 is 110. The van der Waals surface area contributed by atoms with Crippen LogP contribution in [0, 0.1) is 0 Å². The maximum atomic E-state index is 12.3. The predicted molar refractivity (Wildman–Crippen MR) is 91.3 cm³/mol. The van der Waals surface area contributed by atoms with Crippen LogP contribution in [0.4, 0.5) is 45.0 Å². The van der Waals surface area contributed by atoms with E-state index in [0.717, 1.165) is 0 Å². The van der Waals surface area contributed by atoms with Gasteiger partial charge in [-0.05, 0) is 19.9 Å². The molecule has 0 aromatic heterocycles. The van der Waals surface area contributed by atoms with E-state index in [1.807, 2.05) is 0 Å². The van der Waals surface area contributed by atoms with Gasteiger partial charge in [-0.25, -0.2) is 4.99 Å². The summed E-state index contributed by atoms with van der Waals surface area (Å²) in [5.41, 5.74) is -3.07. The number of alkyl halides is 6. The van der Waals surface area contributed by atoms with Crippen LogP contribution in [0.2, 0.25) is 0 Å². The minimum Gasteiger partial charge on any atom is -0.445 e. The number of nitrogens with one attached hydrogen (secondary N) is 1. The lowest BCUT2D eigenvalue weighted by molar-refractivity contribution is -0.344. The number of hydrogen-bond donors (Lipinski definition) is 1. The Kier molecular flexibility index (Phi) is 5.84. The summed E-state index contributed by atoms with van der Waals surface area (Å²) in [7, 11) is 0. The summed E-state index contributed by atoms with van der Waals surface area (Å²) in [6.45, 7) is -1.52. The van der Waals surface area contributed by atoms with Crippen molar-refractivity contribution in [3.8, 4) is 0 Å². The van der Waals surface area contributed by atoms with Gasteiger partial charge in [0.15, 0.2) is 6.21 Å². The van der Waals surface area contributed by atoms with Gasteiger partial charge in [-0.15, -0.1) is 5.46 Å². The molecule has 0 unspecified atom stereocenters. The largest absolute Gasteiger partial charge is 0.509 e. The lowest BCUT2D eigenvalue weighted by Gasteiger charge is -2.19. The van der Waals surface area contributed by atoms with Gasteiger partial charge in [-0.2, -0.15) is 26.3 Å². The smallest absolute Gasteiger partial charge is 0.445 e. The molecule has 29 heavy (non-hydrogen) atoms. The molecule has 1 aliphatic rings. The topological polar surface area (TPSA) is 14.0 Å². The van der Waals surface area contributed by atoms with Crippen molar-refractivity contribution in [2.75, 3.05) is 0 Å². The summed E-state index contributed by atoms with van der Waals surface area (Å²) in [5, 5.41) is 0. The van der Waals surface area contributed by atoms with Crippen molar-refractivity contribution in [3.05, 3.63) is 59.2 Å². The molecule has 0 atom stereocenters. The minimum absolute atomic E-state index is 0.191. The van der Waals surface area contributed by atoms with Gasteiger partial charge in [-0.1, -0.05) is 30.3 Å². The second-order valence-corrected chi connectivity index (χ2v) is 6.97. The Morgan fingerprint density at radius 3 is 1.69 bits per heavy atom. The van der Waals surface area contributed by atoms with Crippen molar-refractivity contribution in [3.63, 3.8) is 0 Å². The first kappa shape index (κ1) is 22.8. The average Bonchev–Trinajstić information content (AvgIpc) is 2.88. The fourth-order valence-electron chi connectivity index (χ4n) is 2.67. The quantitative estimate of drug-likeness (QED) is 0.508. The molecule has 0 fully saturated rings. The van der Waals surface area contributed by atoms with E-state index < -0.39 is 35.9 Å². The van der Waals surface area contributed by atoms with Crippen molar-refractivity contribution in [2.45, 2.75) is 31.6 Å². The van der Waals surface area contributed by atoms with Crippen LogP contribution in [0.3, 0.4) is 0 Å². The van der Waals surface area contributed by atoms with Gasteiger partial charge >= 0.3 is 19.3 Å². The Morgan fingerprint density at radius 1 is 0.793 bits per heavy atom. The number of fused-ring (bicyclic) bond motifs is 1. The van der Waals surface area contributed by atoms with Gasteiger partial charge in [0.1, 0.15) is 0 Å². The molecule has 0 radical (unpaired) electrons. The van der Waals surface area contributed by atoms with Crippen LogP contribution in [-0.4, -0.2) is 13.2 Å². The Hall–Kier alpha value is -2.46. The van der Waals surface area contributed by atoms with Gasteiger partial charge in [0, 0.05) is 11.6 Å². The molecule has 1 heterocycles. The molecule has 0 spiro atoms. The molecule has 0 saturated heterocycles. The molecule has 0 amide bonds. The SMILES string of the molecule is CC1(C)C=[NH+]c2ccccc21.F[B-](F)(F)c1cc(C(F)(F)F)cc(C(F)(F)F)c1. The third-order valence-corrected chi connectivity index (χ3v) is 4.20. The molecule has 0 bridgehead atoms. The van der Waals surface area contributed by atoms with E-state index in [0.29, 0.717) is 0 Å². The monoisotopic (exact) mass is 427 g/mol. The molecule has 1 N–H and O–H groups in total. The average molecular weight is 427 g/mol. The van der Waals surface area contributed by atoms with Crippen molar-refractivity contribution >= 4 is 24.3 Å². The van der Waals surface area contributed by atoms with Crippen LogP contribution in [0.15, 0.2) is 42.5 Å². The molecule has 0 aliphatic carbocycles. The van der Waals surface area contributed by atoms with E-state index in [2.05, 4.69) is 49.3 Å². The second kappa shape index (κ2) is 7.42. The summed E-state index contributed by atoms with van der Waals surface area (Å²) in [6.07, 6.45) is -8.42. The maximum Gasteiger partial charge on any atom is 0.509 e. The standard InChI is InChI=1S/C10H11N.C8H3BF9/c1-10(2)7-11-9-6-4-3-5-8(9)10;10-7(11,12)4-1-5(8(13,14)15)3-6(2-4)9(16,17)18/h3-7H,1-2H3;1-3H/q;-1/p+1. The minimum atomic E-state index is -5.95. The lowest BCUT2D eigenvalue weighted by atomic mass is 9.78. The van der Waals surface area contributed by atoms with Crippen LogP contribution in [0.5, 0.6) is 0 Å². The lowest BCUT2D eigenvalue weighted by Crippen LogP contribution is -2.60. The highest BCUT2D eigenvalue weighted by molar-refractivity contribution is 6.73. The van der Waals surface area contributed by atoms with Crippen LogP contribution in [-0.2, 0) is 17.8 Å². The van der Waals surface area contributed by atoms with Crippen LogP contribution >= 0.6 is 0 Å². The van der Waals surface area contributed by atoms with E-state index in [-0.39, 0.29) is 23.6 Å². The highest BCUT2D eigenvalue weighted by Gasteiger charge is 2.39. The van der Waals surface area contributed by atoms with Crippen molar-refractivity contribution < 1.29 is 44.3 Å². The highest BCUT2D eigenvalue weighted by Crippen LogP contribution is 2.35. The van der Waals surface area contributed by atoms with E-state index in [1.165, 1.54) is 11.3 Å². The van der Waals surface area contributed by atoms with Crippen LogP contribution < -0.4 is 10.5 Å². The fraction of sp³-hybridized carbons (Fsp3) is 0.278. The third-order valence-electron chi connectivity index (χ3n) is 4.20. The molecule has 2 aromatic carbocycles. The van der Waals surface area contributed by atoms with Gasteiger partial charge in [-0.3, -0.25) is 0 Å². The van der Waals surface area contributed by atoms with Crippen molar-refractivity contribution in [1.29, 1.82) is 0 Å². The van der Waals surface area contributed by atoms with Gasteiger partial charge in [0.25, 0.3) is 0 Å². The Morgan fingerprint density at radius 2 is 1.28 bits per heavy atom. The first-order valence-electron chi connectivity index (χ1n) is 8.21. The van der Waals surface area contributed by atoms with Gasteiger partial charge < -0.3 is 12.9 Å². The molecule has 1 aliphatic heterocycles. The number of rotatable bonds is 1. The molecule has 158 valence electrons. The number of benzene rings is 2. The highest BCUT2D eigenvalue weighted by atomic mass is 19.4. The maximum absolute atomic E-state index is 12.3. The molecular weight excluding hydrogens is 412 g/mol. The first-order chi connectivity index (χ1) is 13.0. The van der Waals surface area contributed by atoms with Crippen LogP contribution in [0.1, 0.15) is 30.5 Å². The number of hydrogen-bond acceptors (Lipinski definition) is 0. The Balaban J connectivity index is 0.000000230. The third kappa shape index (κ3) is 5.54. The molecule has 1 nitrogen and oxygen atoms in total. The summed E-state index contributed by atoms with van der Waals surface area (Å²) in [6, 6.07) is 7.39. The Bertz CT molecular complexity index is 830. The van der Waals surface area contributed by atoms with Crippen molar-refractivity contribution in [2.24, 2.45) is 0 Å². The molecule has 0 saturated carbocycles. The molecule has 11 heteroatoms. The van der Waals surface area contributed by atoms with E-state index in [1.54, 1.807) is 0 Å². The van der Waals surface area contributed by atoms with E-state index in [4.69, 9.17) is 0 Å². The first-order valence-corrected chi connectivity index (χ1v) is 8.21. The molecule has 2 aromatic rings. The van der Waals surface area contributed by atoms with Gasteiger partial charge in [0.05, 0.1) is 16.5 Å². The van der Waals surface area contributed by atoms with Gasteiger partial charge in [0.2, 0.25) is 5.69 Å². The number of halogens is 9. The zero-order valence-electron chi connectivity index (χ0n) is 15.1. The van der Waals surface area contributed by atoms with Crippen LogP contribution in [0.25, 0.3) is 0 Å². The summed E-state index contributed by atoms with van der Waals surface area (Å²) >= 11 is 0. The molecule has 3 rings (SSSR count). The van der Waals surface area contributed by atoms with E-state index in [9.17, 15) is 39.3 Å². The Labute approximate surface area is 160 Å². The fourth-order valence-corrected chi connectivity index (χ4v) is 2.67. The number of para-hydroxylation sites is 1. The zero-order valence-corrected chi connectivity index (χ0v) is 15.1. The van der Waals surface area contributed by atoms with Crippen molar-refractivity contribution in [1.82, 2.24) is 0 Å². The summed E-state index contributed by atoms with van der Waals surface area (Å²) in [5.74, 6) is 0. The normalized spacial score (nSPS) is 15.6. The second-order valence-electron chi connectivity index (χ2n) is 6.97. The summed E-state index contributed by atoms with van der Waals surface area (Å²) in [4.78, 5) is 3.27. The van der Waals surface area contributed by atoms with E-state index >= 15 is 0 Å². The zero-order chi connectivity index (χ0) is 22.3. The molecular formula is C18H15BF9N. The predicted octanol–water partition coefficient (Wildman–Crippen LogP) is 4.54.